The van der Waals surface area contributed by atoms with Gasteiger partial charge in [-0.1, -0.05) is 72.3 Å². The van der Waals surface area contributed by atoms with Crippen molar-refractivity contribution >= 4 is 17.5 Å². The van der Waals surface area contributed by atoms with Crippen LogP contribution in [0.3, 0.4) is 0 Å². The number of nitrogens with zero attached hydrogens (tertiary/aromatic N) is 2. The van der Waals surface area contributed by atoms with E-state index < -0.39 is 0 Å². The third-order valence-corrected chi connectivity index (χ3v) is 6.47. The van der Waals surface area contributed by atoms with E-state index in [1.165, 1.54) is 0 Å². The van der Waals surface area contributed by atoms with Crippen molar-refractivity contribution in [2.45, 2.75) is 20.1 Å². The van der Waals surface area contributed by atoms with Gasteiger partial charge in [-0.05, 0) is 60.5 Å². The zero-order chi connectivity index (χ0) is 25.6. The van der Waals surface area contributed by atoms with E-state index >= 15 is 0 Å². The SMILES string of the molecule is Cc1cc(OCc2ccc(C(=O)NCc3cn(-c4ccccc4)nc3-c3ccccc3)cc2)ccc1Cl. The van der Waals surface area contributed by atoms with Crippen LogP contribution < -0.4 is 10.1 Å². The number of aryl methyl sites for hydroxylation is 1. The maximum atomic E-state index is 12.9. The molecule has 0 aliphatic rings. The van der Waals surface area contributed by atoms with Crippen molar-refractivity contribution in [3.8, 4) is 22.7 Å². The summed E-state index contributed by atoms with van der Waals surface area (Å²) in [7, 11) is 0. The molecule has 0 unspecified atom stereocenters. The van der Waals surface area contributed by atoms with Crippen LogP contribution in [0.25, 0.3) is 16.9 Å². The van der Waals surface area contributed by atoms with Crippen molar-refractivity contribution in [2.75, 3.05) is 0 Å². The minimum atomic E-state index is -0.146. The fourth-order valence-corrected chi connectivity index (χ4v) is 4.11. The van der Waals surface area contributed by atoms with Crippen LogP contribution in [0.5, 0.6) is 5.75 Å². The Balaban J connectivity index is 1.26. The molecule has 0 spiro atoms. The topological polar surface area (TPSA) is 56.1 Å². The van der Waals surface area contributed by atoms with Crippen LogP contribution >= 0.6 is 11.6 Å². The molecule has 184 valence electrons. The number of para-hydroxylation sites is 1. The fourth-order valence-electron chi connectivity index (χ4n) is 3.99. The van der Waals surface area contributed by atoms with Crippen molar-refractivity contribution in [1.29, 1.82) is 0 Å². The van der Waals surface area contributed by atoms with Crippen LogP contribution in [0.4, 0.5) is 0 Å². The highest BCUT2D eigenvalue weighted by atomic mass is 35.5. The molecule has 5 nitrogen and oxygen atoms in total. The molecule has 6 heteroatoms. The Morgan fingerprint density at radius 1 is 0.919 bits per heavy atom. The number of halogens is 1. The van der Waals surface area contributed by atoms with Gasteiger partial charge in [0.25, 0.3) is 5.91 Å². The van der Waals surface area contributed by atoms with E-state index in [1.54, 1.807) is 0 Å². The standard InChI is InChI=1S/C31H26ClN3O2/c1-22-18-28(16-17-29(22)32)37-21-23-12-14-25(15-13-23)31(36)33-19-26-20-35(27-10-6-3-7-11-27)34-30(26)24-8-4-2-5-9-24/h2-18,20H,19,21H2,1H3,(H,33,36). The molecule has 37 heavy (non-hydrogen) atoms. The summed E-state index contributed by atoms with van der Waals surface area (Å²) in [5.74, 6) is 0.612. The second kappa shape index (κ2) is 11.1. The molecule has 0 saturated carbocycles. The van der Waals surface area contributed by atoms with E-state index in [-0.39, 0.29) is 5.91 Å². The molecular weight excluding hydrogens is 482 g/mol. The number of nitrogens with one attached hydrogen (secondary N) is 1. The van der Waals surface area contributed by atoms with Gasteiger partial charge in [-0.2, -0.15) is 5.10 Å². The van der Waals surface area contributed by atoms with Crippen LogP contribution in [0.1, 0.15) is 27.0 Å². The van der Waals surface area contributed by atoms with Gasteiger partial charge in [0.1, 0.15) is 12.4 Å². The summed E-state index contributed by atoms with van der Waals surface area (Å²) in [6.07, 6.45) is 1.97. The first kappa shape index (κ1) is 24.3. The average molecular weight is 508 g/mol. The molecule has 1 amide bonds. The smallest absolute Gasteiger partial charge is 0.251 e. The van der Waals surface area contributed by atoms with E-state index in [0.717, 1.165) is 39.4 Å². The maximum Gasteiger partial charge on any atom is 0.251 e. The third kappa shape index (κ3) is 5.90. The Morgan fingerprint density at radius 2 is 1.62 bits per heavy atom. The molecule has 5 aromatic rings. The number of carbonyl (C=O) groups is 1. The maximum absolute atomic E-state index is 12.9. The number of ether oxygens (including phenoxy) is 1. The highest BCUT2D eigenvalue weighted by Crippen LogP contribution is 2.24. The Hall–Kier alpha value is -4.35. The Kier molecular flexibility index (Phi) is 7.33. The summed E-state index contributed by atoms with van der Waals surface area (Å²) in [6, 6.07) is 32.9. The van der Waals surface area contributed by atoms with Gasteiger partial charge in [0.15, 0.2) is 0 Å². The first-order valence-corrected chi connectivity index (χ1v) is 12.4. The lowest BCUT2D eigenvalue weighted by molar-refractivity contribution is 0.0951. The predicted molar refractivity (Wildman–Crippen MR) is 147 cm³/mol. The van der Waals surface area contributed by atoms with Crippen molar-refractivity contribution in [1.82, 2.24) is 15.1 Å². The average Bonchev–Trinajstić information content (AvgIpc) is 3.38. The van der Waals surface area contributed by atoms with Gasteiger partial charge < -0.3 is 10.1 Å². The Morgan fingerprint density at radius 3 is 2.32 bits per heavy atom. The molecule has 0 bridgehead atoms. The first-order chi connectivity index (χ1) is 18.1. The highest BCUT2D eigenvalue weighted by Gasteiger charge is 2.14. The fraction of sp³-hybridized carbons (Fsp3) is 0.0968. The lowest BCUT2D eigenvalue weighted by Crippen LogP contribution is -2.22. The van der Waals surface area contributed by atoms with Gasteiger partial charge >= 0.3 is 0 Å². The lowest BCUT2D eigenvalue weighted by atomic mass is 10.1. The molecule has 5 rings (SSSR count). The number of carbonyl (C=O) groups excluding carboxylic acids is 1. The van der Waals surface area contributed by atoms with Gasteiger partial charge in [-0.25, -0.2) is 4.68 Å². The largest absolute Gasteiger partial charge is 0.489 e. The third-order valence-electron chi connectivity index (χ3n) is 6.05. The molecular formula is C31H26ClN3O2. The Bertz CT molecular complexity index is 1500. The summed E-state index contributed by atoms with van der Waals surface area (Å²) < 4.78 is 7.71. The Labute approximate surface area is 221 Å². The van der Waals surface area contributed by atoms with Crippen molar-refractivity contribution in [3.05, 3.63) is 137 Å². The number of hydrogen-bond acceptors (Lipinski definition) is 3. The molecule has 1 N–H and O–H groups in total. The van der Waals surface area contributed by atoms with Crippen molar-refractivity contribution < 1.29 is 9.53 Å². The van der Waals surface area contributed by atoms with Crippen LogP contribution in [0.2, 0.25) is 5.02 Å². The quantitative estimate of drug-likeness (QED) is 0.246. The number of hydrogen-bond donors (Lipinski definition) is 1. The zero-order valence-electron chi connectivity index (χ0n) is 20.4. The predicted octanol–water partition coefficient (Wildman–Crippen LogP) is 7.01. The number of aromatic nitrogens is 2. The first-order valence-electron chi connectivity index (χ1n) is 12.0. The summed E-state index contributed by atoms with van der Waals surface area (Å²) in [4.78, 5) is 12.9. The van der Waals surface area contributed by atoms with E-state index in [4.69, 9.17) is 21.4 Å². The number of rotatable bonds is 8. The zero-order valence-corrected chi connectivity index (χ0v) is 21.2. The van der Waals surface area contributed by atoms with E-state index in [0.29, 0.717) is 23.7 Å². The molecule has 1 heterocycles. The van der Waals surface area contributed by atoms with E-state index in [2.05, 4.69) is 5.32 Å². The monoisotopic (exact) mass is 507 g/mol. The molecule has 0 atom stereocenters. The van der Waals surface area contributed by atoms with Gasteiger partial charge in [0.05, 0.1) is 11.4 Å². The van der Waals surface area contributed by atoms with Crippen molar-refractivity contribution in [3.63, 3.8) is 0 Å². The lowest BCUT2D eigenvalue weighted by Gasteiger charge is -2.09. The minimum Gasteiger partial charge on any atom is -0.489 e. The minimum absolute atomic E-state index is 0.146. The van der Waals surface area contributed by atoms with Crippen LogP contribution in [0.15, 0.2) is 109 Å². The summed E-state index contributed by atoms with van der Waals surface area (Å²) in [5, 5.41) is 8.57. The van der Waals surface area contributed by atoms with Crippen LogP contribution in [-0.4, -0.2) is 15.7 Å². The van der Waals surface area contributed by atoms with Crippen LogP contribution in [-0.2, 0) is 13.2 Å². The molecule has 1 aromatic heterocycles. The second-order valence-corrected chi connectivity index (χ2v) is 9.14. The molecule has 4 aromatic carbocycles. The van der Waals surface area contributed by atoms with Gasteiger partial charge in [0.2, 0.25) is 0 Å². The van der Waals surface area contributed by atoms with E-state index in [9.17, 15) is 4.79 Å². The van der Waals surface area contributed by atoms with Crippen molar-refractivity contribution in [2.24, 2.45) is 0 Å². The number of amides is 1. The molecule has 0 aliphatic carbocycles. The summed E-state index contributed by atoms with van der Waals surface area (Å²) in [5.41, 5.74) is 6.27. The summed E-state index contributed by atoms with van der Waals surface area (Å²) in [6.45, 7) is 2.71. The molecule has 0 saturated heterocycles. The number of benzene rings is 4. The van der Waals surface area contributed by atoms with E-state index in [1.807, 2.05) is 121 Å². The van der Waals surface area contributed by atoms with Gasteiger partial charge in [0, 0.05) is 34.5 Å². The van der Waals surface area contributed by atoms with Gasteiger partial charge in [-0.3, -0.25) is 4.79 Å². The summed E-state index contributed by atoms with van der Waals surface area (Å²) >= 11 is 6.08. The molecule has 0 aliphatic heterocycles. The second-order valence-electron chi connectivity index (χ2n) is 8.73. The molecule has 0 fully saturated rings. The molecule has 0 radical (unpaired) electrons. The van der Waals surface area contributed by atoms with Crippen LogP contribution in [0, 0.1) is 6.92 Å². The normalized spacial score (nSPS) is 10.8. The highest BCUT2D eigenvalue weighted by molar-refractivity contribution is 6.31. The van der Waals surface area contributed by atoms with Gasteiger partial charge in [-0.15, -0.1) is 0 Å².